The lowest BCUT2D eigenvalue weighted by Crippen LogP contribution is -2.36. The number of ether oxygens (including phenoxy) is 1. The Bertz CT molecular complexity index is 389. The van der Waals surface area contributed by atoms with E-state index in [4.69, 9.17) is 14.7 Å². The van der Waals surface area contributed by atoms with Gasteiger partial charge < -0.3 is 9.84 Å². The van der Waals surface area contributed by atoms with Crippen LogP contribution in [0.4, 0.5) is 0 Å². The fourth-order valence-electron chi connectivity index (χ4n) is 1.73. The van der Waals surface area contributed by atoms with Gasteiger partial charge in [0.15, 0.2) is 0 Å². The number of amides is 1. The highest BCUT2D eigenvalue weighted by Crippen LogP contribution is 2.20. The minimum Gasteiger partial charge on any atom is -0.394 e. The number of nitrogens with zero attached hydrogens (tertiary/aromatic N) is 1. The summed E-state index contributed by atoms with van der Waals surface area (Å²) in [5.74, 6) is 0. The van der Waals surface area contributed by atoms with Gasteiger partial charge in [0.05, 0.1) is 25.4 Å². The summed E-state index contributed by atoms with van der Waals surface area (Å²) in [6.07, 6.45) is 0.305. The molecule has 1 N–H and O–H groups in total. The molecule has 1 unspecified atom stereocenters. The molecule has 0 saturated heterocycles. The Balaban J connectivity index is 2.75. The molecule has 0 aromatic heterocycles. The minimum atomic E-state index is -0.459. The Morgan fingerprint density at radius 1 is 1.30 bits per heavy atom. The van der Waals surface area contributed by atoms with Gasteiger partial charge in [0.1, 0.15) is 6.10 Å². The fourth-order valence-corrected chi connectivity index (χ4v) is 1.73. The largest absolute Gasteiger partial charge is 0.394 e. The maximum Gasteiger partial charge on any atom is 0.233 e. The molecule has 0 radical (unpaired) electrons. The van der Waals surface area contributed by atoms with Gasteiger partial charge in [0.2, 0.25) is 6.41 Å². The highest BCUT2D eigenvalue weighted by atomic mass is 16.7. The van der Waals surface area contributed by atoms with E-state index >= 15 is 0 Å². The number of rotatable bonds is 8. The van der Waals surface area contributed by atoms with Crippen LogP contribution in [0, 0.1) is 0 Å². The van der Waals surface area contributed by atoms with Crippen LogP contribution in [0.1, 0.15) is 32.4 Å². The SMILES string of the molecule is CC(C)(C)ON(C=O)CC(OCCO)c1ccccc1. The molecule has 0 spiro atoms. The molecule has 1 atom stereocenters. The van der Waals surface area contributed by atoms with Crippen LogP contribution in [-0.4, -0.2) is 41.9 Å². The molecule has 1 rings (SSSR count). The number of hydrogen-bond donors (Lipinski definition) is 1. The molecule has 1 aromatic rings. The monoisotopic (exact) mass is 281 g/mol. The van der Waals surface area contributed by atoms with E-state index in [1.807, 2.05) is 51.1 Å². The molecule has 20 heavy (non-hydrogen) atoms. The average molecular weight is 281 g/mol. The van der Waals surface area contributed by atoms with Gasteiger partial charge in [-0.3, -0.25) is 9.63 Å². The van der Waals surface area contributed by atoms with E-state index in [0.29, 0.717) is 6.41 Å². The zero-order valence-electron chi connectivity index (χ0n) is 12.3. The van der Waals surface area contributed by atoms with Crippen LogP contribution in [0.25, 0.3) is 0 Å². The Labute approximate surface area is 120 Å². The maximum absolute atomic E-state index is 11.1. The Morgan fingerprint density at radius 3 is 2.45 bits per heavy atom. The topological polar surface area (TPSA) is 59.0 Å². The molecule has 5 heteroatoms. The van der Waals surface area contributed by atoms with Crippen LogP contribution in [0.15, 0.2) is 30.3 Å². The molecule has 0 bridgehead atoms. The molecular formula is C15H23NO4. The van der Waals surface area contributed by atoms with Crippen molar-refractivity contribution >= 4 is 6.41 Å². The lowest BCUT2D eigenvalue weighted by Gasteiger charge is -2.29. The molecule has 0 aliphatic rings. The molecule has 0 saturated carbocycles. The maximum atomic E-state index is 11.1. The molecule has 0 aliphatic carbocycles. The van der Waals surface area contributed by atoms with E-state index in [-0.39, 0.29) is 25.9 Å². The summed E-state index contributed by atoms with van der Waals surface area (Å²) in [6, 6.07) is 9.56. The van der Waals surface area contributed by atoms with Crippen LogP contribution in [0.3, 0.4) is 0 Å². The third-order valence-corrected chi connectivity index (χ3v) is 2.44. The van der Waals surface area contributed by atoms with E-state index in [1.165, 1.54) is 5.06 Å². The summed E-state index contributed by atoms with van der Waals surface area (Å²) in [4.78, 5) is 16.7. The Hall–Kier alpha value is -1.43. The van der Waals surface area contributed by atoms with E-state index in [9.17, 15) is 4.79 Å². The zero-order valence-corrected chi connectivity index (χ0v) is 12.3. The first kappa shape index (κ1) is 16.6. The van der Waals surface area contributed by atoms with Gasteiger partial charge in [-0.05, 0) is 26.3 Å². The molecule has 1 amide bonds. The van der Waals surface area contributed by atoms with Gasteiger partial charge in [-0.25, -0.2) is 5.06 Å². The molecule has 5 nitrogen and oxygen atoms in total. The van der Waals surface area contributed by atoms with E-state index in [0.717, 1.165) is 5.56 Å². The highest BCUT2D eigenvalue weighted by Gasteiger charge is 2.21. The van der Waals surface area contributed by atoms with Crippen LogP contribution in [0.5, 0.6) is 0 Å². The molecular weight excluding hydrogens is 258 g/mol. The second-order valence-corrected chi connectivity index (χ2v) is 5.40. The van der Waals surface area contributed by atoms with E-state index < -0.39 is 5.60 Å². The quantitative estimate of drug-likeness (QED) is 0.584. The van der Waals surface area contributed by atoms with Crippen molar-refractivity contribution in [1.82, 2.24) is 5.06 Å². The van der Waals surface area contributed by atoms with Gasteiger partial charge in [-0.15, -0.1) is 0 Å². The van der Waals surface area contributed by atoms with Crippen LogP contribution in [-0.2, 0) is 14.4 Å². The highest BCUT2D eigenvalue weighted by molar-refractivity contribution is 5.45. The second-order valence-electron chi connectivity index (χ2n) is 5.40. The van der Waals surface area contributed by atoms with Crippen molar-refractivity contribution in [3.8, 4) is 0 Å². The first-order valence-corrected chi connectivity index (χ1v) is 6.65. The molecule has 1 aromatic carbocycles. The smallest absolute Gasteiger partial charge is 0.233 e. The first-order chi connectivity index (χ1) is 9.46. The minimum absolute atomic E-state index is 0.0649. The lowest BCUT2D eigenvalue weighted by atomic mass is 10.1. The molecule has 0 fully saturated rings. The van der Waals surface area contributed by atoms with Gasteiger partial charge in [-0.2, -0.15) is 0 Å². The number of carbonyl (C=O) groups excluding carboxylic acids is 1. The number of aliphatic hydroxyl groups is 1. The second kappa shape index (κ2) is 7.99. The number of aliphatic hydroxyl groups excluding tert-OH is 1. The van der Waals surface area contributed by atoms with Crippen LogP contribution in [0.2, 0.25) is 0 Å². The van der Waals surface area contributed by atoms with Gasteiger partial charge in [0, 0.05) is 0 Å². The standard InChI is InChI=1S/C15H23NO4/c1-15(2,3)20-16(12-18)11-14(19-10-9-17)13-7-5-4-6-8-13/h4-8,12,14,17H,9-11H2,1-3H3. The van der Waals surface area contributed by atoms with Crippen molar-refractivity contribution in [2.24, 2.45) is 0 Å². The van der Waals surface area contributed by atoms with Crippen LogP contribution < -0.4 is 0 Å². The zero-order chi connectivity index (χ0) is 15.0. The van der Waals surface area contributed by atoms with Crippen molar-refractivity contribution in [3.05, 3.63) is 35.9 Å². The third-order valence-electron chi connectivity index (χ3n) is 2.44. The van der Waals surface area contributed by atoms with Crippen molar-refractivity contribution in [3.63, 3.8) is 0 Å². The summed E-state index contributed by atoms with van der Waals surface area (Å²) in [5, 5.41) is 10.1. The van der Waals surface area contributed by atoms with Gasteiger partial charge >= 0.3 is 0 Å². The summed E-state index contributed by atoms with van der Waals surface area (Å²) in [6.45, 7) is 6.03. The van der Waals surface area contributed by atoms with E-state index in [2.05, 4.69) is 0 Å². The normalized spacial score (nSPS) is 13.0. The third kappa shape index (κ3) is 6.14. The average Bonchev–Trinajstić information content (AvgIpc) is 2.41. The number of benzene rings is 1. The molecule has 0 heterocycles. The van der Waals surface area contributed by atoms with Gasteiger partial charge in [-0.1, -0.05) is 30.3 Å². The summed E-state index contributed by atoms with van der Waals surface area (Å²) in [7, 11) is 0. The predicted molar refractivity (Wildman–Crippen MR) is 75.8 cm³/mol. The first-order valence-electron chi connectivity index (χ1n) is 6.65. The van der Waals surface area contributed by atoms with Crippen LogP contribution >= 0.6 is 0 Å². The predicted octanol–water partition coefficient (Wildman–Crippen LogP) is 1.93. The van der Waals surface area contributed by atoms with Crippen molar-refractivity contribution in [1.29, 1.82) is 0 Å². The number of hydrogen-bond acceptors (Lipinski definition) is 4. The summed E-state index contributed by atoms with van der Waals surface area (Å²) >= 11 is 0. The van der Waals surface area contributed by atoms with E-state index in [1.54, 1.807) is 0 Å². The Morgan fingerprint density at radius 2 is 1.95 bits per heavy atom. The van der Waals surface area contributed by atoms with Crippen molar-refractivity contribution < 1.29 is 19.5 Å². The molecule has 112 valence electrons. The summed E-state index contributed by atoms with van der Waals surface area (Å²) in [5.41, 5.74) is 0.476. The lowest BCUT2D eigenvalue weighted by molar-refractivity contribution is -0.226. The molecule has 0 aliphatic heterocycles. The number of hydroxylamine groups is 2. The Kier molecular flexibility index (Phi) is 6.64. The summed E-state index contributed by atoms with van der Waals surface area (Å²) < 4.78 is 5.59. The number of carbonyl (C=O) groups is 1. The van der Waals surface area contributed by atoms with Crippen molar-refractivity contribution in [2.45, 2.75) is 32.5 Å². The fraction of sp³-hybridized carbons (Fsp3) is 0.533. The van der Waals surface area contributed by atoms with Gasteiger partial charge in [0.25, 0.3) is 0 Å². The van der Waals surface area contributed by atoms with Crippen molar-refractivity contribution in [2.75, 3.05) is 19.8 Å².